The third-order valence-electron chi connectivity index (χ3n) is 1.88. The van der Waals surface area contributed by atoms with Gasteiger partial charge < -0.3 is 10.5 Å². The van der Waals surface area contributed by atoms with Gasteiger partial charge in [0.15, 0.2) is 0 Å². The molecule has 0 aliphatic heterocycles. The zero-order valence-corrected chi connectivity index (χ0v) is 8.23. The molecular formula is C10H11NOS. The van der Waals surface area contributed by atoms with Gasteiger partial charge in [-0.05, 0) is 23.6 Å². The fraction of sp³-hybridized carbons (Fsp3) is 0.200. The number of hydrogen-bond donors (Lipinski definition) is 1. The number of methoxy groups -OCH3 is 1. The van der Waals surface area contributed by atoms with E-state index in [4.69, 9.17) is 10.5 Å². The van der Waals surface area contributed by atoms with Crippen LogP contribution in [0, 0.1) is 0 Å². The summed E-state index contributed by atoms with van der Waals surface area (Å²) in [5.74, 6) is 0. The van der Waals surface area contributed by atoms with Crippen LogP contribution in [0.25, 0.3) is 10.1 Å². The molecule has 0 unspecified atom stereocenters. The van der Waals surface area contributed by atoms with E-state index in [1.165, 1.54) is 15.0 Å². The molecule has 0 saturated carbocycles. The zero-order valence-electron chi connectivity index (χ0n) is 7.41. The van der Waals surface area contributed by atoms with E-state index >= 15 is 0 Å². The van der Waals surface area contributed by atoms with Gasteiger partial charge in [-0.3, -0.25) is 0 Å². The number of nitrogens with two attached hydrogens (primary N) is 1. The van der Waals surface area contributed by atoms with Gasteiger partial charge >= 0.3 is 0 Å². The number of rotatable bonds is 2. The van der Waals surface area contributed by atoms with Gasteiger partial charge in [0, 0.05) is 22.4 Å². The maximum Gasteiger partial charge on any atom is 0.0806 e. The molecule has 1 heterocycles. The predicted octanol–water partition coefficient (Wildman–Crippen LogP) is 2.63. The lowest BCUT2D eigenvalue weighted by Crippen LogP contribution is -1.80. The Balaban J connectivity index is 2.49. The summed E-state index contributed by atoms with van der Waals surface area (Å²) in [6.07, 6.45) is 0. The normalized spacial score (nSPS) is 10.8. The van der Waals surface area contributed by atoms with Crippen molar-refractivity contribution >= 4 is 27.1 Å². The molecule has 0 saturated heterocycles. The molecule has 2 nitrogen and oxygen atoms in total. The topological polar surface area (TPSA) is 35.2 Å². The van der Waals surface area contributed by atoms with E-state index in [2.05, 4.69) is 6.07 Å². The number of thiophene rings is 1. The highest BCUT2D eigenvalue weighted by Gasteiger charge is 2.00. The third kappa shape index (κ3) is 1.66. The first-order chi connectivity index (χ1) is 6.29. The van der Waals surface area contributed by atoms with E-state index < -0.39 is 0 Å². The van der Waals surface area contributed by atoms with Gasteiger partial charge in [-0.15, -0.1) is 11.3 Å². The minimum Gasteiger partial charge on any atom is -0.399 e. The van der Waals surface area contributed by atoms with Crippen LogP contribution in [0.1, 0.15) is 4.88 Å². The van der Waals surface area contributed by atoms with Gasteiger partial charge in [-0.2, -0.15) is 0 Å². The Labute approximate surface area is 80.9 Å². The smallest absolute Gasteiger partial charge is 0.0806 e. The Hall–Kier alpha value is -1.06. The summed E-state index contributed by atoms with van der Waals surface area (Å²) in [5, 5.41) is 1.24. The first kappa shape index (κ1) is 8.53. The van der Waals surface area contributed by atoms with E-state index in [-0.39, 0.29) is 0 Å². The fourth-order valence-corrected chi connectivity index (χ4v) is 2.40. The predicted molar refractivity (Wildman–Crippen MR) is 57.0 cm³/mol. The molecule has 0 fully saturated rings. The number of hydrogen-bond acceptors (Lipinski definition) is 3. The highest BCUT2D eigenvalue weighted by molar-refractivity contribution is 7.19. The quantitative estimate of drug-likeness (QED) is 0.744. The molecule has 2 N–H and O–H groups in total. The summed E-state index contributed by atoms with van der Waals surface area (Å²) in [4.78, 5) is 1.24. The molecule has 1 aromatic heterocycles. The Kier molecular flexibility index (Phi) is 2.20. The summed E-state index contributed by atoms with van der Waals surface area (Å²) < 4.78 is 6.30. The lowest BCUT2D eigenvalue weighted by atomic mass is 10.2. The summed E-state index contributed by atoms with van der Waals surface area (Å²) in [6, 6.07) is 8.11. The first-order valence-corrected chi connectivity index (χ1v) is 4.88. The number of ether oxygens (including phenoxy) is 1. The average molecular weight is 193 g/mol. The van der Waals surface area contributed by atoms with Crippen LogP contribution in [0.3, 0.4) is 0 Å². The van der Waals surface area contributed by atoms with Crippen LogP contribution in [0.2, 0.25) is 0 Å². The van der Waals surface area contributed by atoms with Crippen molar-refractivity contribution in [2.24, 2.45) is 0 Å². The summed E-state index contributed by atoms with van der Waals surface area (Å²) in [6.45, 7) is 0.680. The number of fused-ring (bicyclic) bond motifs is 1. The summed E-state index contributed by atoms with van der Waals surface area (Å²) in [7, 11) is 1.71. The number of anilines is 1. The van der Waals surface area contributed by atoms with Crippen LogP contribution in [0.15, 0.2) is 24.3 Å². The van der Waals surface area contributed by atoms with Crippen molar-refractivity contribution in [3.05, 3.63) is 29.1 Å². The molecule has 68 valence electrons. The van der Waals surface area contributed by atoms with E-state index in [0.717, 1.165) is 5.69 Å². The molecule has 0 aliphatic carbocycles. The van der Waals surface area contributed by atoms with Crippen LogP contribution in [-0.2, 0) is 11.3 Å². The molecule has 0 atom stereocenters. The van der Waals surface area contributed by atoms with Crippen molar-refractivity contribution in [1.82, 2.24) is 0 Å². The highest BCUT2D eigenvalue weighted by Crippen LogP contribution is 2.27. The van der Waals surface area contributed by atoms with E-state index in [1.54, 1.807) is 18.4 Å². The highest BCUT2D eigenvalue weighted by atomic mass is 32.1. The van der Waals surface area contributed by atoms with Crippen LogP contribution in [0.4, 0.5) is 5.69 Å². The molecule has 0 bridgehead atoms. The summed E-state index contributed by atoms with van der Waals surface area (Å²) >= 11 is 1.73. The molecule has 0 amide bonds. The molecule has 13 heavy (non-hydrogen) atoms. The van der Waals surface area contributed by atoms with Crippen molar-refractivity contribution in [3.63, 3.8) is 0 Å². The maximum absolute atomic E-state index is 5.68. The van der Waals surface area contributed by atoms with Gasteiger partial charge in [0.2, 0.25) is 0 Å². The summed E-state index contributed by atoms with van der Waals surface area (Å²) in [5.41, 5.74) is 6.50. The van der Waals surface area contributed by atoms with Gasteiger partial charge in [0.1, 0.15) is 0 Å². The minimum atomic E-state index is 0.680. The fourth-order valence-electron chi connectivity index (χ4n) is 1.32. The third-order valence-corrected chi connectivity index (χ3v) is 2.95. The molecular weight excluding hydrogens is 182 g/mol. The SMILES string of the molecule is COCc1cc2ccc(N)cc2s1. The average Bonchev–Trinajstić information content (AvgIpc) is 2.46. The molecule has 0 radical (unpaired) electrons. The zero-order chi connectivity index (χ0) is 9.26. The lowest BCUT2D eigenvalue weighted by molar-refractivity contribution is 0.187. The first-order valence-electron chi connectivity index (χ1n) is 4.06. The Morgan fingerprint density at radius 1 is 1.38 bits per heavy atom. The number of nitrogen functional groups attached to an aromatic ring is 1. The molecule has 1 aromatic carbocycles. The molecule has 3 heteroatoms. The van der Waals surface area contributed by atoms with Crippen molar-refractivity contribution in [2.75, 3.05) is 12.8 Å². The molecule has 0 aliphatic rings. The standard InChI is InChI=1S/C10H11NOS/c1-12-6-9-4-7-2-3-8(11)5-10(7)13-9/h2-5H,6,11H2,1H3. The van der Waals surface area contributed by atoms with Crippen LogP contribution < -0.4 is 5.73 Å². The second-order valence-electron chi connectivity index (χ2n) is 2.94. The van der Waals surface area contributed by atoms with Gasteiger partial charge in [0.25, 0.3) is 0 Å². The number of benzene rings is 1. The minimum absolute atomic E-state index is 0.680. The van der Waals surface area contributed by atoms with Crippen LogP contribution >= 0.6 is 11.3 Å². The van der Waals surface area contributed by atoms with Crippen molar-refractivity contribution in [2.45, 2.75) is 6.61 Å². The Bertz CT molecular complexity index is 422. The van der Waals surface area contributed by atoms with E-state index in [0.29, 0.717) is 6.61 Å². The Morgan fingerprint density at radius 2 is 2.23 bits per heavy atom. The second-order valence-corrected chi connectivity index (χ2v) is 4.11. The van der Waals surface area contributed by atoms with Crippen molar-refractivity contribution < 1.29 is 4.74 Å². The molecule has 2 aromatic rings. The monoisotopic (exact) mass is 193 g/mol. The van der Waals surface area contributed by atoms with Gasteiger partial charge in [-0.1, -0.05) is 6.07 Å². The van der Waals surface area contributed by atoms with E-state index in [1.807, 2.05) is 18.2 Å². The molecule has 0 spiro atoms. The molecule has 2 rings (SSSR count). The largest absolute Gasteiger partial charge is 0.399 e. The Morgan fingerprint density at radius 3 is 3.00 bits per heavy atom. The second kappa shape index (κ2) is 3.36. The lowest BCUT2D eigenvalue weighted by Gasteiger charge is -1.90. The van der Waals surface area contributed by atoms with E-state index in [9.17, 15) is 0 Å². The maximum atomic E-state index is 5.68. The van der Waals surface area contributed by atoms with Crippen LogP contribution in [-0.4, -0.2) is 7.11 Å². The van der Waals surface area contributed by atoms with Crippen LogP contribution in [0.5, 0.6) is 0 Å². The van der Waals surface area contributed by atoms with Crippen molar-refractivity contribution in [3.8, 4) is 0 Å². The van der Waals surface area contributed by atoms with Crippen molar-refractivity contribution in [1.29, 1.82) is 0 Å². The van der Waals surface area contributed by atoms with Gasteiger partial charge in [-0.25, -0.2) is 0 Å². The van der Waals surface area contributed by atoms with Gasteiger partial charge in [0.05, 0.1) is 6.61 Å².